The van der Waals surface area contributed by atoms with Crippen molar-refractivity contribution in [1.29, 1.82) is 5.26 Å². The van der Waals surface area contributed by atoms with Crippen molar-refractivity contribution in [2.75, 3.05) is 13.2 Å². The van der Waals surface area contributed by atoms with E-state index < -0.39 is 23.1 Å². The van der Waals surface area contributed by atoms with E-state index in [0.717, 1.165) is 0 Å². The lowest BCUT2D eigenvalue weighted by molar-refractivity contribution is -0.386. The Labute approximate surface area is 125 Å². The van der Waals surface area contributed by atoms with Gasteiger partial charge in [0, 0.05) is 6.42 Å². The molecule has 0 fully saturated rings. The molecule has 1 unspecified atom stereocenters. The number of nitrogens with zero attached hydrogens (tertiary/aromatic N) is 1. The van der Waals surface area contributed by atoms with Crippen molar-refractivity contribution < 1.29 is 28.8 Å². The molecule has 120 valence electrons. The summed E-state index contributed by atoms with van der Waals surface area (Å²) in [5.41, 5.74) is -2.71. The predicted octanol–water partition coefficient (Wildman–Crippen LogP) is 1.90. The third kappa shape index (κ3) is 7.06. The minimum absolute atomic E-state index is 0.0839. The number of carbonyl (C=O) groups excluding carboxylic acids is 2. The van der Waals surface area contributed by atoms with Crippen LogP contribution in [0.3, 0.4) is 0 Å². The van der Waals surface area contributed by atoms with Crippen molar-refractivity contribution in [3.05, 3.63) is 0 Å². The molecular weight excluding hydrogens is 278 g/mol. The zero-order valence-corrected chi connectivity index (χ0v) is 13.2. The molecule has 0 aliphatic heterocycles. The second-order valence-electron chi connectivity index (χ2n) is 5.24. The fraction of sp³-hybridized carbons (Fsp3) is 0.786. The molecule has 0 radical (unpaired) electrons. The second-order valence-corrected chi connectivity index (χ2v) is 5.24. The molecule has 0 heterocycles. The number of esters is 2. The molecule has 0 aromatic carbocycles. The highest BCUT2D eigenvalue weighted by Gasteiger charge is 2.45. The normalized spacial score (nSPS) is 13.9. The van der Waals surface area contributed by atoms with Crippen LogP contribution >= 0.6 is 0 Å². The zero-order valence-electron chi connectivity index (χ0n) is 13.2. The molecule has 0 N–H and O–H groups in total. The predicted molar refractivity (Wildman–Crippen MR) is 72.8 cm³/mol. The SMILES string of the molecule is CCOC(=O)CCC(C#N)(OOC(C)(C)C)C(=O)OCC. The van der Waals surface area contributed by atoms with E-state index in [-0.39, 0.29) is 26.1 Å². The van der Waals surface area contributed by atoms with Crippen LogP contribution in [0.2, 0.25) is 0 Å². The Morgan fingerprint density at radius 1 is 1.05 bits per heavy atom. The van der Waals surface area contributed by atoms with Gasteiger partial charge in [-0.25, -0.2) is 14.6 Å². The van der Waals surface area contributed by atoms with Gasteiger partial charge in [-0.2, -0.15) is 5.26 Å². The van der Waals surface area contributed by atoms with Gasteiger partial charge in [-0.3, -0.25) is 4.79 Å². The quantitative estimate of drug-likeness (QED) is 0.384. The Balaban J connectivity index is 5.00. The average molecular weight is 301 g/mol. The first-order chi connectivity index (χ1) is 9.70. The summed E-state index contributed by atoms with van der Waals surface area (Å²) in [6.07, 6.45) is -0.370. The number of hydrogen-bond acceptors (Lipinski definition) is 7. The highest BCUT2D eigenvalue weighted by atomic mass is 17.2. The third-order valence-electron chi connectivity index (χ3n) is 2.21. The van der Waals surface area contributed by atoms with E-state index in [1.807, 2.05) is 0 Å². The standard InChI is InChI=1S/C14H23NO6/c1-6-18-11(16)8-9-14(10-15,12(17)19-7-2)21-20-13(3,4)5/h6-9H2,1-5H3. The van der Waals surface area contributed by atoms with Crippen molar-refractivity contribution in [3.8, 4) is 6.07 Å². The maximum Gasteiger partial charge on any atom is 0.356 e. The van der Waals surface area contributed by atoms with Crippen LogP contribution in [0.4, 0.5) is 0 Å². The van der Waals surface area contributed by atoms with Crippen molar-refractivity contribution in [2.24, 2.45) is 0 Å². The van der Waals surface area contributed by atoms with Crippen LogP contribution in [0.25, 0.3) is 0 Å². The lowest BCUT2D eigenvalue weighted by Gasteiger charge is -2.27. The molecule has 0 aromatic rings. The number of rotatable bonds is 8. The average Bonchev–Trinajstić information content (AvgIpc) is 2.39. The van der Waals surface area contributed by atoms with Crippen LogP contribution in [0, 0.1) is 11.3 Å². The van der Waals surface area contributed by atoms with Crippen molar-refractivity contribution in [3.63, 3.8) is 0 Å². The summed E-state index contributed by atoms with van der Waals surface area (Å²) in [6.45, 7) is 8.68. The molecular formula is C14H23NO6. The molecule has 7 nitrogen and oxygen atoms in total. The molecule has 7 heteroatoms. The molecule has 21 heavy (non-hydrogen) atoms. The van der Waals surface area contributed by atoms with Crippen LogP contribution in [0.5, 0.6) is 0 Å². The Bertz CT molecular complexity index is 395. The van der Waals surface area contributed by atoms with Gasteiger partial charge in [0.15, 0.2) is 0 Å². The first-order valence-electron chi connectivity index (χ1n) is 6.81. The van der Waals surface area contributed by atoms with Crippen LogP contribution in [-0.2, 0) is 28.8 Å². The number of hydrogen-bond donors (Lipinski definition) is 0. The topological polar surface area (TPSA) is 94.9 Å². The molecule has 0 aliphatic rings. The van der Waals surface area contributed by atoms with E-state index in [1.54, 1.807) is 40.7 Å². The maximum atomic E-state index is 12.0. The largest absolute Gasteiger partial charge is 0.466 e. The summed E-state index contributed by atoms with van der Waals surface area (Å²) in [7, 11) is 0. The first-order valence-corrected chi connectivity index (χ1v) is 6.81. The van der Waals surface area contributed by atoms with Gasteiger partial charge in [0.2, 0.25) is 0 Å². The molecule has 0 saturated carbocycles. The first kappa shape index (κ1) is 19.4. The molecule has 0 saturated heterocycles. The van der Waals surface area contributed by atoms with E-state index in [4.69, 9.17) is 19.2 Å². The third-order valence-corrected chi connectivity index (χ3v) is 2.21. The minimum atomic E-state index is -1.99. The summed E-state index contributed by atoms with van der Waals surface area (Å²) in [5, 5.41) is 9.31. The van der Waals surface area contributed by atoms with E-state index in [1.165, 1.54) is 0 Å². The van der Waals surface area contributed by atoms with Gasteiger partial charge in [0.1, 0.15) is 6.07 Å². The lowest BCUT2D eigenvalue weighted by Crippen LogP contribution is -2.44. The van der Waals surface area contributed by atoms with Crippen LogP contribution in [-0.4, -0.2) is 36.4 Å². The van der Waals surface area contributed by atoms with E-state index in [2.05, 4.69) is 0 Å². The van der Waals surface area contributed by atoms with E-state index >= 15 is 0 Å². The summed E-state index contributed by atoms with van der Waals surface area (Å²) < 4.78 is 9.61. The molecule has 0 aliphatic carbocycles. The zero-order chi connectivity index (χ0) is 16.5. The van der Waals surface area contributed by atoms with Gasteiger partial charge in [-0.05, 0) is 34.6 Å². The van der Waals surface area contributed by atoms with Gasteiger partial charge in [-0.15, -0.1) is 0 Å². The van der Waals surface area contributed by atoms with Gasteiger partial charge < -0.3 is 9.47 Å². The Hall–Kier alpha value is -1.65. The van der Waals surface area contributed by atoms with E-state index in [0.29, 0.717) is 0 Å². The van der Waals surface area contributed by atoms with Gasteiger partial charge in [0.25, 0.3) is 5.60 Å². The Kier molecular flexibility index (Phi) is 7.92. The minimum Gasteiger partial charge on any atom is -0.466 e. The molecule has 0 spiro atoms. The molecule has 0 rings (SSSR count). The summed E-state index contributed by atoms with van der Waals surface area (Å²) in [6, 6.07) is 1.74. The molecule has 0 bridgehead atoms. The Morgan fingerprint density at radius 2 is 1.62 bits per heavy atom. The van der Waals surface area contributed by atoms with Crippen molar-refractivity contribution in [1.82, 2.24) is 0 Å². The van der Waals surface area contributed by atoms with Gasteiger partial charge in [0.05, 0.1) is 25.2 Å². The van der Waals surface area contributed by atoms with Crippen LogP contribution in [0.15, 0.2) is 0 Å². The molecule has 0 aromatic heterocycles. The second kappa shape index (κ2) is 8.60. The van der Waals surface area contributed by atoms with Gasteiger partial charge >= 0.3 is 11.9 Å². The fourth-order valence-corrected chi connectivity index (χ4v) is 1.25. The summed E-state index contributed by atoms with van der Waals surface area (Å²) >= 11 is 0. The lowest BCUT2D eigenvalue weighted by atomic mass is 9.99. The summed E-state index contributed by atoms with van der Waals surface area (Å²) in [4.78, 5) is 33.5. The van der Waals surface area contributed by atoms with E-state index in [9.17, 15) is 14.9 Å². The smallest absolute Gasteiger partial charge is 0.356 e. The fourth-order valence-electron chi connectivity index (χ4n) is 1.25. The Morgan fingerprint density at radius 3 is 2.05 bits per heavy atom. The molecule has 0 amide bonds. The number of ether oxygens (including phenoxy) is 2. The van der Waals surface area contributed by atoms with Crippen LogP contribution in [0.1, 0.15) is 47.5 Å². The molecule has 1 atom stereocenters. The monoisotopic (exact) mass is 301 g/mol. The maximum absolute atomic E-state index is 12.0. The summed E-state index contributed by atoms with van der Waals surface area (Å²) in [5.74, 6) is -1.41. The van der Waals surface area contributed by atoms with Crippen molar-refractivity contribution in [2.45, 2.75) is 58.7 Å². The number of nitriles is 1. The van der Waals surface area contributed by atoms with Gasteiger partial charge in [-0.1, -0.05) is 0 Å². The van der Waals surface area contributed by atoms with Crippen LogP contribution < -0.4 is 0 Å². The highest BCUT2D eigenvalue weighted by molar-refractivity contribution is 5.84. The highest BCUT2D eigenvalue weighted by Crippen LogP contribution is 2.23. The number of carbonyl (C=O) groups is 2. The van der Waals surface area contributed by atoms with Crippen molar-refractivity contribution >= 4 is 11.9 Å².